The van der Waals surface area contributed by atoms with Crippen LogP contribution in [0, 0.1) is 0 Å². The van der Waals surface area contributed by atoms with Crippen LogP contribution in [0.25, 0.3) is 11.1 Å². The third-order valence-corrected chi connectivity index (χ3v) is 7.63. The van der Waals surface area contributed by atoms with Gasteiger partial charge in [-0.2, -0.15) is 26.3 Å². The molecule has 210 valence electrons. The van der Waals surface area contributed by atoms with E-state index in [0.29, 0.717) is 59.2 Å². The van der Waals surface area contributed by atoms with Gasteiger partial charge in [-0.15, -0.1) is 0 Å². The summed E-state index contributed by atoms with van der Waals surface area (Å²) < 4.78 is 99.5. The first-order valence-corrected chi connectivity index (χ1v) is 12.8. The highest BCUT2D eigenvalue weighted by atomic mass is 19.4. The van der Waals surface area contributed by atoms with Crippen LogP contribution in [0.1, 0.15) is 48.4 Å². The summed E-state index contributed by atoms with van der Waals surface area (Å²) in [5.41, 5.74) is -3.40. The lowest BCUT2D eigenvalue weighted by Crippen LogP contribution is -2.43. The fraction of sp³-hybridized carbons (Fsp3) is 0.345. The second kappa shape index (κ2) is 9.07. The number of nitrogens with zero attached hydrogens (tertiary/aromatic N) is 1. The van der Waals surface area contributed by atoms with Gasteiger partial charge in [-0.25, -0.2) is 0 Å². The number of hydrogen-bond acceptors (Lipinski definition) is 4. The maximum absolute atomic E-state index is 14.3. The Balaban J connectivity index is 1.61. The number of fused-ring (bicyclic) bond motifs is 5. The first kappa shape index (κ1) is 26.3. The Kier molecular flexibility index (Phi) is 5.97. The van der Waals surface area contributed by atoms with Crippen LogP contribution in [0.2, 0.25) is 0 Å². The maximum atomic E-state index is 14.3. The number of carbonyl (C=O) groups excluding carboxylic acids is 1. The lowest BCUT2D eigenvalue weighted by Gasteiger charge is -2.25. The van der Waals surface area contributed by atoms with Crippen molar-refractivity contribution in [1.82, 2.24) is 0 Å². The Morgan fingerprint density at radius 1 is 0.850 bits per heavy atom. The average Bonchev–Trinajstić information content (AvgIpc) is 3.58. The molecule has 5 nitrogen and oxygen atoms in total. The number of rotatable bonds is 5. The highest BCUT2D eigenvalue weighted by Crippen LogP contribution is 2.57. The number of hydrogen-bond donors (Lipinski definition) is 0. The van der Waals surface area contributed by atoms with E-state index in [1.807, 2.05) is 6.92 Å². The van der Waals surface area contributed by atoms with Gasteiger partial charge in [-0.3, -0.25) is 4.79 Å². The molecule has 1 spiro atoms. The van der Waals surface area contributed by atoms with Crippen LogP contribution in [0.15, 0.2) is 48.5 Å². The van der Waals surface area contributed by atoms with Gasteiger partial charge in [0.2, 0.25) is 12.7 Å². The van der Waals surface area contributed by atoms with E-state index in [9.17, 15) is 31.1 Å². The van der Waals surface area contributed by atoms with Crippen LogP contribution in [0.5, 0.6) is 17.2 Å². The van der Waals surface area contributed by atoms with Gasteiger partial charge < -0.3 is 19.1 Å². The summed E-state index contributed by atoms with van der Waals surface area (Å²) in [5.74, 6) is 0.779. The lowest BCUT2D eigenvalue weighted by atomic mass is 9.74. The van der Waals surface area contributed by atoms with Gasteiger partial charge in [-0.05, 0) is 47.9 Å². The predicted molar refractivity (Wildman–Crippen MR) is 133 cm³/mol. The van der Waals surface area contributed by atoms with Gasteiger partial charge in [0.1, 0.15) is 17.8 Å². The first-order chi connectivity index (χ1) is 18.9. The van der Waals surface area contributed by atoms with Crippen molar-refractivity contribution in [2.75, 3.05) is 24.8 Å². The van der Waals surface area contributed by atoms with Crippen molar-refractivity contribution in [1.29, 1.82) is 0 Å². The Bertz CT molecular complexity index is 1480. The van der Waals surface area contributed by atoms with Crippen molar-refractivity contribution >= 4 is 11.6 Å². The number of ether oxygens (including phenoxy) is 3. The van der Waals surface area contributed by atoms with E-state index in [4.69, 9.17) is 14.2 Å². The monoisotopic (exact) mass is 563 g/mol. The minimum absolute atomic E-state index is 0.0331. The molecule has 0 aliphatic carbocycles. The van der Waals surface area contributed by atoms with Crippen molar-refractivity contribution < 1.29 is 45.3 Å². The molecular formula is C29H23F6NO4. The molecule has 0 saturated carbocycles. The van der Waals surface area contributed by atoms with Crippen LogP contribution in [0.3, 0.4) is 0 Å². The number of halogens is 6. The molecule has 3 aromatic carbocycles. The zero-order chi connectivity index (χ0) is 28.4. The number of anilines is 1. The molecule has 40 heavy (non-hydrogen) atoms. The second-order valence-corrected chi connectivity index (χ2v) is 10.1. The summed E-state index contributed by atoms with van der Waals surface area (Å²) in [4.78, 5) is 15.9. The number of amides is 1. The number of benzene rings is 3. The fourth-order valence-corrected chi connectivity index (χ4v) is 5.78. The van der Waals surface area contributed by atoms with Crippen molar-refractivity contribution in [3.05, 3.63) is 70.8 Å². The molecule has 0 bridgehead atoms. The SMILES string of the molecule is CCCCCN1C(=O)C2(COc3cc4c(cc32)OCO4)c2c(-c3cc(C(F)(F)F)cc(C(F)(F)F)c3)cccc21. The molecule has 3 aliphatic heterocycles. The topological polar surface area (TPSA) is 48.0 Å². The third-order valence-electron chi connectivity index (χ3n) is 7.63. The third kappa shape index (κ3) is 3.97. The average molecular weight is 563 g/mol. The molecule has 0 aromatic heterocycles. The Labute approximate surface area is 225 Å². The van der Waals surface area contributed by atoms with Crippen LogP contribution < -0.4 is 19.1 Å². The second-order valence-electron chi connectivity index (χ2n) is 10.1. The molecule has 1 unspecified atom stereocenters. The minimum Gasteiger partial charge on any atom is -0.491 e. The van der Waals surface area contributed by atoms with E-state index < -0.39 is 28.9 Å². The molecule has 1 atom stereocenters. The largest absolute Gasteiger partial charge is 0.491 e. The van der Waals surface area contributed by atoms with Crippen molar-refractivity contribution in [3.8, 4) is 28.4 Å². The summed E-state index contributed by atoms with van der Waals surface area (Å²) in [6.07, 6.45) is -7.65. The number of unbranched alkanes of at least 4 members (excludes halogenated alkanes) is 2. The number of alkyl halides is 6. The summed E-state index contributed by atoms with van der Waals surface area (Å²) in [6.45, 7) is 2.13. The highest BCUT2D eigenvalue weighted by molar-refractivity contribution is 6.13. The molecule has 0 saturated heterocycles. The Morgan fingerprint density at radius 2 is 1.52 bits per heavy atom. The first-order valence-electron chi connectivity index (χ1n) is 12.8. The quantitative estimate of drug-likeness (QED) is 0.241. The zero-order valence-electron chi connectivity index (χ0n) is 21.2. The molecule has 1 amide bonds. The summed E-state index contributed by atoms with van der Waals surface area (Å²) in [7, 11) is 0. The summed E-state index contributed by atoms with van der Waals surface area (Å²) in [5, 5.41) is 0. The summed E-state index contributed by atoms with van der Waals surface area (Å²) >= 11 is 0. The molecular weight excluding hydrogens is 540 g/mol. The highest BCUT2D eigenvalue weighted by Gasteiger charge is 2.58. The van der Waals surface area contributed by atoms with Crippen molar-refractivity contribution in [3.63, 3.8) is 0 Å². The van der Waals surface area contributed by atoms with E-state index in [-0.39, 0.29) is 36.5 Å². The van der Waals surface area contributed by atoms with Crippen LogP contribution in [-0.2, 0) is 22.6 Å². The maximum Gasteiger partial charge on any atom is 0.416 e. The van der Waals surface area contributed by atoms with Gasteiger partial charge in [0.25, 0.3) is 0 Å². The zero-order valence-corrected chi connectivity index (χ0v) is 21.2. The molecule has 3 aromatic rings. The Hall–Kier alpha value is -3.89. The molecule has 0 fully saturated rings. The molecule has 0 radical (unpaired) electrons. The van der Waals surface area contributed by atoms with E-state index in [0.717, 1.165) is 12.8 Å². The minimum atomic E-state index is -5.02. The van der Waals surface area contributed by atoms with E-state index in [1.165, 1.54) is 12.1 Å². The van der Waals surface area contributed by atoms with Crippen molar-refractivity contribution in [2.45, 2.75) is 44.0 Å². The normalized spacial score (nSPS) is 19.3. The van der Waals surface area contributed by atoms with Gasteiger partial charge in [-0.1, -0.05) is 31.9 Å². The van der Waals surface area contributed by atoms with Gasteiger partial charge in [0, 0.05) is 29.4 Å². The van der Waals surface area contributed by atoms with Gasteiger partial charge >= 0.3 is 12.4 Å². The standard InChI is InChI=1S/C29H23F6NO4/c1-2-3-4-8-36-21-7-5-6-19(16-9-17(28(30,31)32)11-18(10-16)29(33,34)35)25(21)27(26(36)37)14-38-22-13-24-23(12-20(22)27)39-15-40-24/h5-7,9-13H,2-4,8,14-15H2,1H3. The molecule has 3 heterocycles. The number of carbonyl (C=O) groups is 1. The van der Waals surface area contributed by atoms with Crippen molar-refractivity contribution in [2.24, 2.45) is 0 Å². The van der Waals surface area contributed by atoms with E-state index >= 15 is 0 Å². The summed E-state index contributed by atoms with van der Waals surface area (Å²) in [6, 6.07) is 9.35. The van der Waals surface area contributed by atoms with Crippen LogP contribution in [0.4, 0.5) is 32.0 Å². The smallest absolute Gasteiger partial charge is 0.416 e. The van der Waals surface area contributed by atoms with E-state index in [2.05, 4.69) is 0 Å². The van der Waals surface area contributed by atoms with Gasteiger partial charge in [0.05, 0.1) is 11.1 Å². The predicted octanol–water partition coefficient (Wildman–Crippen LogP) is 7.34. The lowest BCUT2D eigenvalue weighted by molar-refractivity contribution is -0.143. The fourth-order valence-electron chi connectivity index (χ4n) is 5.78. The van der Waals surface area contributed by atoms with Crippen LogP contribution in [-0.4, -0.2) is 25.9 Å². The molecule has 3 aliphatic rings. The van der Waals surface area contributed by atoms with E-state index in [1.54, 1.807) is 23.1 Å². The molecule has 11 heteroatoms. The molecule has 6 rings (SSSR count). The molecule has 0 N–H and O–H groups in total. The van der Waals surface area contributed by atoms with Gasteiger partial charge in [0.15, 0.2) is 11.5 Å². The van der Waals surface area contributed by atoms with Crippen LogP contribution >= 0.6 is 0 Å². The Morgan fingerprint density at radius 3 is 2.17 bits per heavy atom.